The highest BCUT2D eigenvalue weighted by Crippen LogP contribution is 2.39. The van der Waals surface area contributed by atoms with Gasteiger partial charge in [-0.2, -0.15) is 0 Å². The molecule has 7 rings (SSSR count). The third-order valence-corrected chi connectivity index (χ3v) is 8.46. The predicted octanol–water partition coefficient (Wildman–Crippen LogP) is 4.27. The van der Waals surface area contributed by atoms with Gasteiger partial charge >= 0.3 is 6.03 Å². The first-order valence-corrected chi connectivity index (χ1v) is 15.3. The molecule has 2 saturated carbocycles. The number of hydrogen-bond donors (Lipinski definition) is 2. The van der Waals surface area contributed by atoms with Crippen LogP contribution in [0.25, 0.3) is 22.8 Å². The van der Waals surface area contributed by atoms with Gasteiger partial charge in [-0.1, -0.05) is 12.1 Å². The smallest absolute Gasteiger partial charge is 0.319 e. The number of carbonyl (C=O) groups excluding carboxylic acids is 1. The molecule has 224 valence electrons. The monoisotopic (exact) mass is 585 g/mol. The average molecular weight is 586 g/mol. The van der Waals surface area contributed by atoms with Crippen molar-refractivity contribution in [3.63, 3.8) is 0 Å². The van der Waals surface area contributed by atoms with Crippen LogP contribution in [0.5, 0.6) is 0 Å². The number of tetrazole rings is 2. The van der Waals surface area contributed by atoms with E-state index in [1.807, 2.05) is 39.7 Å². The van der Waals surface area contributed by atoms with Crippen LogP contribution in [0, 0.1) is 11.7 Å². The Labute approximate surface area is 249 Å². The summed E-state index contributed by atoms with van der Waals surface area (Å²) in [5, 5.41) is 30.8. The molecule has 3 aliphatic rings. The Balaban J connectivity index is 0.966. The molecule has 0 radical (unpaired) electrons. The summed E-state index contributed by atoms with van der Waals surface area (Å²) in [7, 11) is 0. The predicted molar refractivity (Wildman–Crippen MR) is 158 cm³/mol. The van der Waals surface area contributed by atoms with Crippen molar-refractivity contribution in [1.29, 1.82) is 0 Å². The van der Waals surface area contributed by atoms with Crippen molar-refractivity contribution < 1.29 is 9.18 Å². The number of likely N-dealkylation sites (tertiary alicyclic amines) is 1. The Hall–Kier alpha value is -4.26. The van der Waals surface area contributed by atoms with Crippen LogP contribution in [0.15, 0.2) is 42.5 Å². The number of urea groups is 1. The number of hydrogen-bond acceptors (Lipinski definition) is 8. The Morgan fingerprint density at radius 1 is 0.884 bits per heavy atom. The molecule has 3 heterocycles. The van der Waals surface area contributed by atoms with Gasteiger partial charge in [0.05, 0.1) is 12.1 Å². The molecule has 1 aliphatic heterocycles. The van der Waals surface area contributed by atoms with Crippen LogP contribution < -0.4 is 10.6 Å². The minimum atomic E-state index is -0.264. The van der Waals surface area contributed by atoms with E-state index >= 15 is 0 Å². The molecule has 0 unspecified atom stereocenters. The van der Waals surface area contributed by atoms with Crippen LogP contribution in [0.3, 0.4) is 0 Å². The van der Waals surface area contributed by atoms with Crippen molar-refractivity contribution in [2.45, 2.75) is 63.5 Å². The summed E-state index contributed by atoms with van der Waals surface area (Å²) in [5.41, 5.74) is 3.41. The van der Waals surface area contributed by atoms with Gasteiger partial charge in [0.1, 0.15) is 5.82 Å². The maximum atomic E-state index is 13.3. The molecule has 13 heteroatoms. The number of piperidine rings is 1. The summed E-state index contributed by atoms with van der Waals surface area (Å²) < 4.78 is 17.0. The minimum absolute atomic E-state index is 0.190. The van der Waals surface area contributed by atoms with Gasteiger partial charge in [0.15, 0.2) is 11.6 Å². The minimum Gasteiger partial charge on any atom is -0.338 e. The second-order valence-electron chi connectivity index (χ2n) is 12.0. The molecule has 12 nitrogen and oxygen atoms in total. The number of nitrogens with zero attached hydrogens (tertiary/aromatic N) is 9. The van der Waals surface area contributed by atoms with E-state index < -0.39 is 0 Å². The van der Waals surface area contributed by atoms with E-state index in [0.29, 0.717) is 41.9 Å². The molecule has 2 aliphatic carbocycles. The molecule has 43 heavy (non-hydrogen) atoms. The quantitative estimate of drug-likeness (QED) is 0.250. The van der Waals surface area contributed by atoms with Gasteiger partial charge in [0, 0.05) is 29.9 Å². The van der Waals surface area contributed by atoms with Crippen LogP contribution in [0.4, 0.5) is 14.9 Å². The SMILES string of the molecule is O=C(NCCCN1CCC[C@@H](Cc2ccc(F)cc2)C1)Nc1cc(-c2nnnn2C2CC2)cc(-c2nnnn2C2CC2)c1. The lowest BCUT2D eigenvalue weighted by Gasteiger charge is -2.32. The molecule has 2 aromatic carbocycles. The number of anilines is 1. The first-order valence-electron chi connectivity index (χ1n) is 15.3. The molecule has 2 amide bonds. The Morgan fingerprint density at radius 2 is 1.53 bits per heavy atom. The van der Waals surface area contributed by atoms with Crippen LogP contribution in [0.2, 0.25) is 0 Å². The van der Waals surface area contributed by atoms with E-state index in [0.717, 1.165) is 75.7 Å². The molecule has 2 aromatic heterocycles. The highest BCUT2D eigenvalue weighted by atomic mass is 19.1. The Bertz CT molecular complexity index is 1490. The van der Waals surface area contributed by atoms with E-state index in [1.54, 1.807) is 12.1 Å². The summed E-state index contributed by atoms with van der Waals surface area (Å²) in [5.74, 6) is 1.71. The molecule has 2 N–H and O–H groups in total. The van der Waals surface area contributed by atoms with Crippen molar-refractivity contribution in [2.24, 2.45) is 5.92 Å². The third kappa shape index (κ3) is 6.71. The fraction of sp³-hybridized carbons (Fsp3) is 0.500. The first kappa shape index (κ1) is 27.6. The average Bonchev–Trinajstić information content (AvgIpc) is 3.94. The zero-order chi connectivity index (χ0) is 29.2. The van der Waals surface area contributed by atoms with Gasteiger partial charge in [-0.15, -0.1) is 10.2 Å². The second kappa shape index (κ2) is 12.2. The molecule has 4 aromatic rings. The number of nitrogens with one attached hydrogen (secondary N) is 2. The van der Waals surface area contributed by atoms with Crippen LogP contribution >= 0.6 is 0 Å². The van der Waals surface area contributed by atoms with Crippen molar-refractivity contribution in [1.82, 2.24) is 50.6 Å². The summed E-state index contributed by atoms with van der Waals surface area (Å²) in [6.07, 6.45) is 8.39. The third-order valence-electron chi connectivity index (χ3n) is 8.46. The molecular formula is C30H36FN11O. The summed E-state index contributed by atoms with van der Waals surface area (Å²) >= 11 is 0. The highest BCUT2D eigenvalue weighted by Gasteiger charge is 2.30. The van der Waals surface area contributed by atoms with Gasteiger partial charge < -0.3 is 15.5 Å². The number of aromatic nitrogens is 8. The Kier molecular flexibility index (Phi) is 7.79. The van der Waals surface area contributed by atoms with Crippen LogP contribution in [-0.4, -0.2) is 77.5 Å². The van der Waals surface area contributed by atoms with Crippen molar-refractivity contribution in [3.8, 4) is 22.8 Å². The fourth-order valence-electron chi connectivity index (χ4n) is 6.01. The maximum absolute atomic E-state index is 13.3. The van der Waals surface area contributed by atoms with Gasteiger partial charge in [0.25, 0.3) is 0 Å². The van der Waals surface area contributed by atoms with Crippen LogP contribution in [0.1, 0.15) is 62.6 Å². The highest BCUT2D eigenvalue weighted by molar-refractivity contribution is 5.91. The molecule has 1 atom stereocenters. The molecule has 0 bridgehead atoms. The number of carbonyl (C=O) groups is 1. The lowest BCUT2D eigenvalue weighted by atomic mass is 9.91. The zero-order valence-electron chi connectivity index (χ0n) is 24.1. The number of rotatable bonds is 11. The number of benzene rings is 2. The molecular weight excluding hydrogens is 549 g/mol. The van der Waals surface area contributed by atoms with E-state index in [2.05, 4.69) is 46.6 Å². The van der Waals surface area contributed by atoms with Crippen molar-refractivity contribution >= 4 is 11.7 Å². The van der Waals surface area contributed by atoms with E-state index in [9.17, 15) is 9.18 Å². The normalized spacial score (nSPS) is 19.0. The summed E-state index contributed by atoms with van der Waals surface area (Å²) in [6.45, 7) is 3.59. The second-order valence-corrected chi connectivity index (χ2v) is 12.0. The maximum Gasteiger partial charge on any atom is 0.319 e. The summed E-state index contributed by atoms with van der Waals surface area (Å²) in [6, 6.07) is 13.0. The van der Waals surface area contributed by atoms with Crippen molar-refractivity contribution in [2.75, 3.05) is 31.5 Å². The lowest BCUT2D eigenvalue weighted by Crippen LogP contribution is -2.38. The number of halogens is 1. The van der Waals surface area contributed by atoms with Crippen molar-refractivity contribution in [3.05, 3.63) is 53.8 Å². The zero-order valence-corrected chi connectivity index (χ0v) is 24.1. The lowest BCUT2D eigenvalue weighted by molar-refractivity contribution is 0.172. The standard InChI is InChI=1S/C30H36FN11O/c31-24-6-4-20(5-7-24)15-21-3-1-13-40(19-21)14-2-12-32-30(43)33-25-17-22(28-34-36-38-41(28)26-8-9-26)16-23(18-25)29-35-37-39-42(29)27-10-11-27/h4-7,16-18,21,26-27H,1-3,8-15,19H2,(H2,32,33,43)/t21-/m0/s1. The van der Waals surface area contributed by atoms with E-state index in [4.69, 9.17) is 0 Å². The summed E-state index contributed by atoms with van der Waals surface area (Å²) in [4.78, 5) is 15.4. The molecule has 3 fully saturated rings. The van der Waals surface area contributed by atoms with Gasteiger partial charge in [-0.25, -0.2) is 18.5 Å². The first-order chi connectivity index (χ1) is 21.1. The van der Waals surface area contributed by atoms with Gasteiger partial charge in [-0.3, -0.25) is 0 Å². The largest absolute Gasteiger partial charge is 0.338 e. The fourth-order valence-corrected chi connectivity index (χ4v) is 6.01. The van der Waals surface area contributed by atoms with E-state index in [1.165, 1.54) is 12.0 Å². The van der Waals surface area contributed by atoms with Crippen LogP contribution in [-0.2, 0) is 6.42 Å². The Morgan fingerprint density at radius 3 is 2.16 bits per heavy atom. The topological polar surface area (TPSA) is 132 Å². The number of amides is 2. The van der Waals surface area contributed by atoms with E-state index in [-0.39, 0.29) is 11.8 Å². The molecule has 0 spiro atoms. The van der Waals surface area contributed by atoms with Gasteiger partial charge in [0.2, 0.25) is 0 Å². The molecule has 1 saturated heterocycles. The van der Waals surface area contributed by atoms with Gasteiger partial charge in [-0.05, 0) is 127 Å².